The molecule has 1 heterocycles. The van der Waals surface area contributed by atoms with Gasteiger partial charge in [-0.3, -0.25) is 9.59 Å². The number of para-hydroxylation sites is 1. The summed E-state index contributed by atoms with van der Waals surface area (Å²) in [5.41, 5.74) is 2.43. The lowest BCUT2D eigenvalue weighted by Gasteiger charge is -2.26. The maximum absolute atomic E-state index is 12.6. The van der Waals surface area contributed by atoms with Crippen LogP contribution in [-0.4, -0.2) is 32.1 Å². The molecular weight excluding hydrogens is 332 g/mol. The standard InChI is InChI=1S/C20H22N2O4/c1-25-17-9-5-8-15-16(12-18(23)22-19(15)17)20(24)21-10-11-26-13-14-6-3-2-4-7-14/h2-9,16H,10-13H2,1H3,(H,21,24)(H,22,23)/t16-/m1/s1. The number of methoxy groups -OCH3 is 1. The van der Waals surface area contributed by atoms with Crippen molar-refractivity contribution < 1.29 is 19.1 Å². The van der Waals surface area contributed by atoms with Gasteiger partial charge in [0, 0.05) is 13.0 Å². The molecular formula is C20H22N2O4. The molecule has 6 nitrogen and oxygen atoms in total. The number of fused-ring (bicyclic) bond motifs is 1. The molecule has 3 rings (SSSR count). The van der Waals surface area contributed by atoms with Crippen LogP contribution in [0.15, 0.2) is 48.5 Å². The van der Waals surface area contributed by atoms with Crippen LogP contribution in [0.2, 0.25) is 0 Å². The third-order valence-electron chi connectivity index (χ3n) is 4.28. The predicted molar refractivity (Wildman–Crippen MR) is 98.1 cm³/mol. The lowest BCUT2D eigenvalue weighted by atomic mass is 9.89. The number of carbonyl (C=O) groups is 2. The molecule has 0 saturated carbocycles. The van der Waals surface area contributed by atoms with E-state index >= 15 is 0 Å². The van der Waals surface area contributed by atoms with E-state index in [0.29, 0.717) is 31.2 Å². The van der Waals surface area contributed by atoms with Crippen LogP contribution in [-0.2, 0) is 20.9 Å². The SMILES string of the molecule is COc1cccc2c1NC(=O)C[C@H]2C(=O)NCCOCc1ccccc1. The van der Waals surface area contributed by atoms with Crippen molar-refractivity contribution in [3.8, 4) is 5.75 Å². The van der Waals surface area contributed by atoms with Gasteiger partial charge in [0.1, 0.15) is 5.75 Å². The molecule has 0 aromatic heterocycles. The van der Waals surface area contributed by atoms with Gasteiger partial charge in [0.05, 0.1) is 31.9 Å². The Labute approximate surface area is 152 Å². The van der Waals surface area contributed by atoms with E-state index in [0.717, 1.165) is 11.1 Å². The van der Waals surface area contributed by atoms with Gasteiger partial charge >= 0.3 is 0 Å². The van der Waals surface area contributed by atoms with Gasteiger partial charge < -0.3 is 20.1 Å². The Balaban J connectivity index is 1.54. The lowest BCUT2D eigenvalue weighted by Crippen LogP contribution is -2.36. The van der Waals surface area contributed by atoms with E-state index in [1.807, 2.05) is 42.5 Å². The molecule has 6 heteroatoms. The highest BCUT2D eigenvalue weighted by molar-refractivity contribution is 6.02. The number of benzene rings is 2. The van der Waals surface area contributed by atoms with E-state index in [1.54, 1.807) is 6.07 Å². The molecule has 0 spiro atoms. The quantitative estimate of drug-likeness (QED) is 0.749. The molecule has 0 bridgehead atoms. The summed E-state index contributed by atoms with van der Waals surface area (Å²) >= 11 is 0. The summed E-state index contributed by atoms with van der Waals surface area (Å²) in [7, 11) is 1.54. The van der Waals surface area contributed by atoms with E-state index < -0.39 is 5.92 Å². The summed E-state index contributed by atoms with van der Waals surface area (Å²) in [6, 6.07) is 15.3. The van der Waals surface area contributed by atoms with Gasteiger partial charge in [-0.15, -0.1) is 0 Å². The van der Waals surface area contributed by atoms with E-state index in [9.17, 15) is 9.59 Å². The van der Waals surface area contributed by atoms with E-state index in [4.69, 9.17) is 9.47 Å². The van der Waals surface area contributed by atoms with Crippen LogP contribution in [0.3, 0.4) is 0 Å². The Morgan fingerprint density at radius 3 is 2.77 bits per heavy atom. The van der Waals surface area contributed by atoms with Crippen LogP contribution < -0.4 is 15.4 Å². The smallest absolute Gasteiger partial charge is 0.228 e. The number of hydrogen-bond donors (Lipinski definition) is 2. The number of amides is 2. The second-order valence-electron chi connectivity index (χ2n) is 6.06. The topological polar surface area (TPSA) is 76.7 Å². The molecule has 0 radical (unpaired) electrons. The van der Waals surface area contributed by atoms with Crippen molar-refractivity contribution >= 4 is 17.5 Å². The fourth-order valence-electron chi connectivity index (χ4n) is 3.00. The zero-order valence-electron chi connectivity index (χ0n) is 14.7. The van der Waals surface area contributed by atoms with Crippen molar-refractivity contribution in [1.82, 2.24) is 5.32 Å². The van der Waals surface area contributed by atoms with Crippen molar-refractivity contribution in [1.29, 1.82) is 0 Å². The zero-order chi connectivity index (χ0) is 18.4. The van der Waals surface area contributed by atoms with Crippen molar-refractivity contribution in [2.75, 3.05) is 25.6 Å². The minimum Gasteiger partial charge on any atom is -0.495 e. The summed E-state index contributed by atoms with van der Waals surface area (Å²) in [5.74, 6) is -0.345. The highest BCUT2D eigenvalue weighted by Gasteiger charge is 2.32. The lowest BCUT2D eigenvalue weighted by molar-refractivity contribution is -0.126. The molecule has 0 unspecified atom stereocenters. The van der Waals surface area contributed by atoms with Crippen LogP contribution in [0.25, 0.3) is 0 Å². The first-order chi connectivity index (χ1) is 12.7. The molecule has 1 aliphatic rings. The van der Waals surface area contributed by atoms with Gasteiger partial charge in [-0.1, -0.05) is 42.5 Å². The maximum Gasteiger partial charge on any atom is 0.228 e. The highest BCUT2D eigenvalue weighted by Crippen LogP contribution is 2.38. The summed E-state index contributed by atoms with van der Waals surface area (Å²) in [6.07, 6.45) is 0.122. The average Bonchev–Trinajstić information content (AvgIpc) is 2.67. The molecule has 1 atom stereocenters. The van der Waals surface area contributed by atoms with Gasteiger partial charge in [0.25, 0.3) is 0 Å². The molecule has 136 valence electrons. The fraction of sp³-hybridized carbons (Fsp3) is 0.300. The highest BCUT2D eigenvalue weighted by atomic mass is 16.5. The largest absolute Gasteiger partial charge is 0.495 e. The van der Waals surface area contributed by atoms with Gasteiger partial charge in [-0.2, -0.15) is 0 Å². The van der Waals surface area contributed by atoms with Crippen molar-refractivity contribution in [3.05, 3.63) is 59.7 Å². The summed E-state index contributed by atoms with van der Waals surface area (Å²) < 4.78 is 10.8. The Morgan fingerprint density at radius 1 is 1.19 bits per heavy atom. The van der Waals surface area contributed by atoms with Crippen LogP contribution in [0.4, 0.5) is 5.69 Å². The monoisotopic (exact) mass is 354 g/mol. The van der Waals surface area contributed by atoms with E-state index in [2.05, 4.69) is 10.6 Å². The summed E-state index contributed by atoms with van der Waals surface area (Å²) in [5, 5.41) is 5.64. The van der Waals surface area contributed by atoms with Crippen molar-refractivity contribution in [2.45, 2.75) is 18.9 Å². The number of hydrogen-bond acceptors (Lipinski definition) is 4. The number of rotatable bonds is 7. The molecule has 2 aromatic rings. The van der Waals surface area contributed by atoms with Crippen molar-refractivity contribution in [3.63, 3.8) is 0 Å². The summed E-state index contributed by atoms with van der Waals surface area (Å²) in [4.78, 5) is 24.5. The van der Waals surface area contributed by atoms with E-state index in [1.165, 1.54) is 7.11 Å². The Bertz CT molecular complexity index is 777. The summed E-state index contributed by atoms with van der Waals surface area (Å²) in [6.45, 7) is 1.30. The third-order valence-corrected chi connectivity index (χ3v) is 4.28. The molecule has 0 aliphatic carbocycles. The number of nitrogens with one attached hydrogen (secondary N) is 2. The minimum atomic E-state index is -0.525. The van der Waals surface area contributed by atoms with Crippen LogP contribution in [0.5, 0.6) is 5.75 Å². The fourth-order valence-corrected chi connectivity index (χ4v) is 3.00. The molecule has 0 saturated heterocycles. The van der Waals surface area contributed by atoms with Gasteiger partial charge in [-0.25, -0.2) is 0 Å². The maximum atomic E-state index is 12.6. The normalized spacial score (nSPS) is 15.7. The first kappa shape index (κ1) is 17.9. The number of ether oxygens (including phenoxy) is 2. The van der Waals surface area contributed by atoms with Gasteiger partial charge in [0.2, 0.25) is 11.8 Å². The zero-order valence-corrected chi connectivity index (χ0v) is 14.7. The Hall–Kier alpha value is -2.86. The van der Waals surface area contributed by atoms with E-state index in [-0.39, 0.29) is 18.2 Å². The molecule has 2 aromatic carbocycles. The Kier molecular flexibility index (Phi) is 5.86. The molecule has 26 heavy (non-hydrogen) atoms. The van der Waals surface area contributed by atoms with Gasteiger partial charge in [-0.05, 0) is 17.2 Å². The predicted octanol–water partition coefficient (Wildman–Crippen LogP) is 2.45. The van der Waals surface area contributed by atoms with Crippen molar-refractivity contribution in [2.24, 2.45) is 0 Å². The second-order valence-corrected chi connectivity index (χ2v) is 6.06. The minimum absolute atomic E-state index is 0.122. The Morgan fingerprint density at radius 2 is 2.00 bits per heavy atom. The second kappa shape index (κ2) is 8.49. The first-order valence-corrected chi connectivity index (χ1v) is 8.55. The average molecular weight is 354 g/mol. The number of carbonyl (C=O) groups excluding carboxylic acids is 2. The molecule has 2 N–H and O–H groups in total. The van der Waals surface area contributed by atoms with Crippen LogP contribution >= 0.6 is 0 Å². The molecule has 2 amide bonds. The number of anilines is 1. The molecule has 0 fully saturated rings. The molecule has 1 aliphatic heterocycles. The van der Waals surface area contributed by atoms with Crippen LogP contribution in [0, 0.1) is 0 Å². The van der Waals surface area contributed by atoms with Gasteiger partial charge in [0.15, 0.2) is 0 Å². The first-order valence-electron chi connectivity index (χ1n) is 8.55. The third kappa shape index (κ3) is 4.21. The van der Waals surface area contributed by atoms with Crippen LogP contribution in [0.1, 0.15) is 23.5 Å².